The van der Waals surface area contributed by atoms with E-state index in [1.165, 1.54) is 0 Å². The topological polar surface area (TPSA) is 26.7 Å². The van der Waals surface area contributed by atoms with Crippen LogP contribution in [0.4, 0.5) is 0 Å². The smallest absolute Gasteiger partial charge is 0.171 e. The van der Waals surface area contributed by atoms with Crippen molar-refractivity contribution in [3.8, 4) is 0 Å². The molecule has 0 aromatic heterocycles. The first-order valence-corrected chi connectivity index (χ1v) is 6.61. The Bertz CT molecular complexity index is 304. The summed E-state index contributed by atoms with van der Waals surface area (Å²) in [6, 6.07) is 0. The van der Waals surface area contributed by atoms with Gasteiger partial charge < -0.3 is 14.9 Å². The van der Waals surface area contributed by atoms with Crippen molar-refractivity contribution in [2.45, 2.75) is 51.7 Å². The molecule has 1 rings (SSSR count). The van der Waals surface area contributed by atoms with E-state index in [2.05, 4.69) is 25.7 Å². The van der Waals surface area contributed by atoms with Crippen molar-refractivity contribution in [2.75, 3.05) is 21.1 Å². The average Bonchev–Trinajstić information content (AvgIpc) is 2.11. The lowest BCUT2D eigenvalue weighted by Crippen LogP contribution is -2.56. The predicted molar refractivity (Wildman–Crippen MR) is 76.1 cm³/mol. The Hall–Kier alpha value is -0.350. The fraction of sp³-hybridized carbons (Fsp3) is 0.923. The van der Waals surface area contributed by atoms with Crippen LogP contribution in [0.3, 0.4) is 0 Å². The van der Waals surface area contributed by atoms with E-state index >= 15 is 0 Å². The highest BCUT2D eigenvalue weighted by atomic mass is 32.1. The number of nitrogens with zero attached hydrogens (tertiary/aromatic N) is 2. The van der Waals surface area contributed by atoms with Gasteiger partial charge in [-0.1, -0.05) is 13.8 Å². The predicted octanol–water partition coefficient (Wildman–Crippen LogP) is 2.09. The third kappa shape index (κ3) is 3.32. The molecule has 0 aromatic carbocycles. The first-order chi connectivity index (χ1) is 7.57. The first-order valence-electron chi connectivity index (χ1n) is 6.21. The Kier molecular flexibility index (Phi) is 4.09. The number of aliphatic hydroxyl groups excluding tert-OH is 1. The molecule has 17 heavy (non-hydrogen) atoms. The van der Waals surface area contributed by atoms with E-state index in [1.54, 1.807) is 0 Å². The van der Waals surface area contributed by atoms with Crippen LogP contribution < -0.4 is 0 Å². The van der Waals surface area contributed by atoms with Gasteiger partial charge in [0.05, 0.1) is 6.10 Å². The van der Waals surface area contributed by atoms with Crippen LogP contribution in [-0.2, 0) is 0 Å². The van der Waals surface area contributed by atoms with Gasteiger partial charge in [0.1, 0.15) is 0 Å². The van der Waals surface area contributed by atoms with Crippen molar-refractivity contribution in [1.82, 2.24) is 9.80 Å². The Morgan fingerprint density at radius 1 is 1.18 bits per heavy atom. The van der Waals surface area contributed by atoms with E-state index in [1.807, 2.05) is 26.0 Å². The van der Waals surface area contributed by atoms with Crippen LogP contribution in [0.2, 0.25) is 0 Å². The minimum Gasteiger partial charge on any atom is -0.393 e. The van der Waals surface area contributed by atoms with Gasteiger partial charge >= 0.3 is 0 Å². The molecule has 1 N–H and O–H groups in total. The van der Waals surface area contributed by atoms with Crippen molar-refractivity contribution in [3.05, 3.63) is 0 Å². The van der Waals surface area contributed by atoms with E-state index in [0.717, 1.165) is 24.4 Å². The zero-order chi connectivity index (χ0) is 13.4. The third-order valence-electron chi connectivity index (χ3n) is 3.80. The molecule has 0 saturated heterocycles. The fourth-order valence-corrected chi connectivity index (χ4v) is 3.40. The normalized spacial score (nSPS) is 32.1. The summed E-state index contributed by atoms with van der Waals surface area (Å²) in [4.78, 5) is 4.10. The van der Waals surface area contributed by atoms with Crippen molar-refractivity contribution < 1.29 is 5.11 Å². The summed E-state index contributed by atoms with van der Waals surface area (Å²) < 4.78 is 0. The second-order valence-electron chi connectivity index (χ2n) is 6.64. The van der Waals surface area contributed by atoms with Gasteiger partial charge in [-0.05, 0) is 43.8 Å². The second-order valence-corrected chi connectivity index (χ2v) is 7.00. The highest BCUT2D eigenvalue weighted by Gasteiger charge is 2.44. The van der Waals surface area contributed by atoms with Crippen molar-refractivity contribution >= 4 is 17.3 Å². The van der Waals surface area contributed by atoms with E-state index in [9.17, 15) is 5.11 Å². The number of hydrogen-bond donors (Lipinski definition) is 1. The van der Waals surface area contributed by atoms with Crippen LogP contribution in [-0.4, -0.2) is 52.8 Å². The number of aliphatic hydroxyl groups is 1. The highest BCUT2D eigenvalue weighted by Crippen LogP contribution is 2.43. The molecular weight excluding hydrogens is 232 g/mol. The summed E-state index contributed by atoms with van der Waals surface area (Å²) in [7, 11) is 5.97. The van der Waals surface area contributed by atoms with Crippen LogP contribution in [0, 0.1) is 5.41 Å². The molecule has 0 aliphatic heterocycles. The molecule has 0 aromatic rings. The summed E-state index contributed by atoms with van der Waals surface area (Å²) in [6.07, 6.45) is 2.50. The van der Waals surface area contributed by atoms with Gasteiger partial charge in [-0.15, -0.1) is 0 Å². The lowest BCUT2D eigenvalue weighted by molar-refractivity contribution is -0.0154. The molecule has 1 aliphatic rings. The quantitative estimate of drug-likeness (QED) is 0.729. The molecule has 1 saturated carbocycles. The molecule has 100 valence electrons. The highest BCUT2D eigenvalue weighted by molar-refractivity contribution is 7.80. The van der Waals surface area contributed by atoms with Gasteiger partial charge in [-0.2, -0.15) is 0 Å². The number of thiocarbonyl (C=S) groups is 1. The molecule has 1 fully saturated rings. The minimum atomic E-state index is -0.226. The van der Waals surface area contributed by atoms with Crippen molar-refractivity contribution in [1.29, 1.82) is 0 Å². The van der Waals surface area contributed by atoms with Crippen LogP contribution >= 0.6 is 12.2 Å². The van der Waals surface area contributed by atoms with Gasteiger partial charge in [0.25, 0.3) is 0 Å². The monoisotopic (exact) mass is 258 g/mol. The van der Waals surface area contributed by atoms with Crippen LogP contribution in [0.15, 0.2) is 0 Å². The van der Waals surface area contributed by atoms with E-state index in [-0.39, 0.29) is 17.1 Å². The Morgan fingerprint density at radius 2 is 1.71 bits per heavy atom. The van der Waals surface area contributed by atoms with Crippen LogP contribution in [0.1, 0.15) is 40.0 Å². The molecule has 0 heterocycles. The van der Waals surface area contributed by atoms with Crippen molar-refractivity contribution in [2.24, 2.45) is 5.41 Å². The molecular formula is C13H26N2OS. The summed E-state index contributed by atoms with van der Waals surface area (Å²) >= 11 is 5.44. The van der Waals surface area contributed by atoms with Crippen LogP contribution in [0.25, 0.3) is 0 Å². The lowest BCUT2D eigenvalue weighted by atomic mass is 9.67. The zero-order valence-electron chi connectivity index (χ0n) is 11.9. The number of rotatable bonds is 1. The third-order valence-corrected chi connectivity index (χ3v) is 4.44. The van der Waals surface area contributed by atoms with E-state index in [4.69, 9.17) is 12.2 Å². The van der Waals surface area contributed by atoms with Gasteiger partial charge in [0, 0.05) is 26.7 Å². The standard InChI is InChI=1S/C13H26N2OS/c1-12(2)7-10(16)8-13(3,9-12)15(6)11(17)14(4)5/h10,16H,7-9H2,1-6H3. The average molecular weight is 258 g/mol. The molecule has 2 atom stereocenters. The summed E-state index contributed by atoms with van der Waals surface area (Å²) in [5, 5.41) is 10.9. The molecule has 0 bridgehead atoms. The lowest BCUT2D eigenvalue weighted by Gasteiger charge is -2.51. The first kappa shape index (κ1) is 14.7. The molecule has 1 aliphatic carbocycles. The molecule has 4 heteroatoms. The van der Waals surface area contributed by atoms with Gasteiger partial charge in [-0.3, -0.25) is 0 Å². The summed E-state index contributed by atoms with van der Waals surface area (Å²) in [5.74, 6) is 0. The maximum Gasteiger partial charge on any atom is 0.171 e. The largest absolute Gasteiger partial charge is 0.393 e. The Balaban J connectivity index is 2.89. The maximum atomic E-state index is 10.1. The molecule has 0 spiro atoms. The van der Waals surface area contributed by atoms with Gasteiger partial charge in [-0.25, -0.2) is 0 Å². The SMILES string of the molecule is CN(C)C(=S)N(C)C1(C)CC(O)CC(C)(C)C1. The molecule has 3 nitrogen and oxygen atoms in total. The fourth-order valence-electron chi connectivity index (χ4n) is 3.18. The Morgan fingerprint density at radius 3 is 2.12 bits per heavy atom. The maximum absolute atomic E-state index is 10.1. The summed E-state index contributed by atoms with van der Waals surface area (Å²) in [6.45, 7) is 6.65. The van der Waals surface area contributed by atoms with Crippen molar-refractivity contribution in [3.63, 3.8) is 0 Å². The summed E-state index contributed by atoms with van der Waals surface area (Å²) in [5.41, 5.74) is 0.116. The minimum absolute atomic E-state index is 0.0531. The molecule has 2 unspecified atom stereocenters. The van der Waals surface area contributed by atoms with E-state index < -0.39 is 0 Å². The van der Waals surface area contributed by atoms with E-state index in [0.29, 0.717) is 0 Å². The molecule has 0 radical (unpaired) electrons. The zero-order valence-corrected chi connectivity index (χ0v) is 12.8. The van der Waals surface area contributed by atoms with Gasteiger partial charge in [0.15, 0.2) is 5.11 Å². The van der Waals surface area contributed by atoms with Crippen LogP contribution in [0.5, 0.6) is 0 Å². The Labute approximate surface area is 111 Å². The number of hydrogen-bond acceptors (Lipinski definition) is 2. The van der Waals surface area contributed by atoms with Gasteiger partial charge in [0.2, 0.25) is 0 Å². The molecule has 0 amide bonds. The second kappa shape index (κ2) is 4.73.